The molecule has 0 saturated carbocycles. The third kappa shape index (κ3) is 3.93. The number of thiophene rings is 1. The number of hydrogen-bond acceptors (Lipinski definition) is 3. The molecule has 0 aliphatic carbocycles. The number of aromatic nitrogens is 2. The van der Waals surface area contributed by atoms with Crippen LogP contribution >= 0.6 is 11.3 Å². The Balaban J connectivity index is 1.29. The molecule has 7 aromatic carbocycles. The Morgan fingerprint density at radius 2 is 1.09 bits per heavy atom. The molecule has 2 heterocycles. The highest BCUT2D eigenvalue weighted by molar-refractivity contribution is 7.25. The van der Waals surface area contributed by atoms with Crippen LogP contribution in [0.15, 0.2) is 146 Å². The van der Waals surface area contributed by atoms with Gasteiger partial charge in [-0.1, -0.05) is 121 Å². The summed E-state index contributed by atoms with van der Waals surface area (Å²) in [6.45, 7) is 0. The summed E-state index contributed by atoms with van der Waals surface area (Å²) in [5, 5.41) is 7.29. The molecule has 0 spiro atoms. The third-order valence-corrected chi connectivity index (χ3v) is 9.59. The Labute approximate surface area is 252 Å². The monoisotopic (exact) mass is 564 g/mol. The minimum Gasteiger partial charge on any atom is -0.244 e. The van der Waals surface area contributed by atoms with Crippen LogP contribution in [0.4, 0.5) is 0 Å². The molecule has 0 aliphatic heterocycles. The van der Waals surface area contributed by atoms with E-state index in [-0.39, 0.29) is 0 Å². The van der Waals surface area contributed by atoms with E-state index < -0.39 is 0 Å². The Hall–Kier alpha value is -5.38. The molecule has 9 aromatic rings. The molecule has 200 valence electrons. The number of rotatable bonds is 3. The van der Waals surface area contributed by atoms with Crippen LogP contribution in [0.3, 0.4) is 0 Å². The summed E-state index contributed by atoms with van der Waals surface area (Å²) in [7, 11) is 0. The van der Waals surface area contributed by atoms with E-state index in [0.29, 0.717) is 0 Å². The van der Waals surface area contributed by atoms with Crippen molar-refractivity contribution in [2.75, 3.05) is 0 Å². The van der Waals surface area contributed by atoms with Crippen LogP contribution in [0.25, 0.3) is 86.4 Å². The molecule has 0 aliphatic rings. The van der Waals surface area contributed by atoms with Gasteiger partial charge in [0.15, 0.2) is 0 Å². The molecule has 3 heteroatoms. The molecule has 0 N–H and O–H groups in total. The molecule has 0 saturated heterocycles. The summed E-state index contributed by atoms with van der Waals surface area (Å²) in [4.78, 5) is 10.8. The van der Waals surface area contributed by atoms with Gasteiger partial charge in [-0.25, -0.2) is 9.97 Å². The maximum absolute atomic E-state index is 5.44. The molecule has 0 atom stereocenters. The van der Waals surface area contributed by atoms with Gasteiger partial charge in [0.05, 0.1) is 22.4 Å². The van der Waals surface area contributed by atoms with Crippen molar-refractivity contribution >= 4 is 64.1 Å². The molecular weight excluding hydrogens is 541 g/mol. The molecule has 0 amide bonds. The van der Waals surface area contributed by atoms with Gasteiger partial charge in [0, 0.05) is 36.7 Å². The summed E-state index contributed by atoms with van der Waals surface area (Å²) in [5.41, 5.74) is 8.20. The van der Waals surface area contributed by atoms with Gasteiger partial charge in [-0.2, -0.15) is 0 Å². The molecule has 2 aromatic heterocycles. The fourth-order valence-electron chi connectivity index (χ4n) is 6.34. The summed E-state index contributed by atoms with van der Waals surface area (Å²) in [6, 6.07) is 51.9. The maximum Gasteiger partial charge on any atom is 0.0980 e. The fraction of sp³-hybridized carbons (Fsp3) is 0. The summed E-state index contributed by atoms with van der Waals surface area (Å²) >= 11 is 1.83. The topological polar surface area (TPSA) is 25.8 Å². The van der Waals surface area contributed by atoms with E-state index in [1.54, 1.807) is 0 Å². The molecule has 43 heavy (non-hydrogen) atoms. The first-order valence-corrected chi connectivity index (χ1v) is 15.3. The zero-order valence-electron chi connectivity index (χ0n) is 23.2. The Bertz CT molecular complexity index is 2510. The van der Waals surface area contributed by atoms with E-state index in [1.807, 2.05) is 11.3 Å². The molecule has 0 bridgehead atoms. The van der Waals surface area contributed by atoms with E-state index in [2.05, 4.69) is 146 Å². The largest absolute Gasteiger partial charge is 0.244 e. The van der Waals surface area contributed by atoms with Crippen LogP contribution in [-0.2, 0) is 0 Å². The van der Waals surface area contributed by atoms with Crippen LogP contribution in [0.1, 0.15) is 0 Å². The van der Waals surface area contributed by atoms with Crippen molar-refractivity contribution in [2.45, 2.75) is 0 Å². The van der Waals surface area contributed by atoms with Crippen LogP contribution in [0.5, 0.6) is 0 Å². The zero-order chi connectivity index (χ0) is 28.3. The fourth-order valence-corrected chi connectivity index (χ4v) is 7.47. The van der Waals surface area contributed by atoms with E-state index >= 15 is 0 Å². The van der Waals surface area contributed by atoms with E-state index in [0.717, 1.165) is 38.9 Å². The van der Waals surface area contributed by atoms with Crippen LogP contribution in [0, 0.1) is 0 Å². The Morgan fingerprint density at radius 1 is 0.419 bits per heavy atom. The quantitative estimate of drug-likeness (QED) is 0.199. The summed E-state index contributed by atoms with van der Waals surface area (Å²) in [6.07, 6.45) is 0. The van der Waals surface area contributed by atoms with E-state index in [4.69, 9.17) is 9.97 Å². The first-order chi connectivity index (χ1) is 21.3. The van der Waals surface area contributed by atoms with Crippen molar-refractivity contribution in [1.82, 2.24) is 9.97 Å². The minimum atomic E-state index is 0.899. The highest BCUT2D eigenvalue weighted by Crippen LogP contribution is 2.42. The van der Waals surface area contributed by atoms with Gasteiger partial charge < -0.3 is 0 Å². The second kappa shape index (κ2) is 9.59. The molecule has 0 fully saturated rings. The van der Waals surface area contributed by atoms with Gasteiger partial charge in [0.2, 0.25) is 0 Å². The molecule has 2 nitrogen and oxygen atoms in total. The second-order valence-electron chi connectivity index (χ2n) is 11.0. The van der Waals surface area contributed by atoms with Crippen molar-refractivity contribution < 1.29 is 0 Å². The zero-order valence-corrected chi connectivity index (χ0v) is 24.0. The van der Waals surface area contributed by atoms with Crippen LogP contribution in [-0.4, -0.2) is 9.97 Å². The van der Waals surface area contributed by atoms with Crippen LogP contribution in [0.2, 0.25) is 0 Å². The van der Waals surface area contributed by atoms with Crippen molar-refractivity contribution in [3.8, 4) is 33.6 Å². The average molecular weight is 565 g/mol. The lowest BCUT2D eigenvalue weighted by molar-refractivity contribution is 1.31. The van der Waals surface area contributed by atoms with Gasteiger partial charge >= 0.3 is 0 Å². The van der Waals surface area contributed by atoms with Gasteiger partial charge in [-0.15, -0.1) is 11.3 Å². The predicted octanol–water partition coefficient (Wildman–Crippen LogP) is 11.3. The Kier molecular flexibility index (Phi) is 5.40. The van der Waals surface area contributed by atoms with Crippen molar-refractivity contribution in [3.05, 3.63) is 146 Å². The van der Waals surface area contributed by atoms with Crippen molar-refractivity contribution in [3.63, 3.8) is 0 Å². The van der Waals surface area contributed by atoms with Crippen molar-refractivity contribution in [2.24, 2.45) is 0 Å². The first kappa shape index (κ1) is 24.2. The lowest BCUT2D eigenvalue weighted by Gasteiger charge is -2.14. The average Bonchev–Trinajstić information content (AvgIpc) is 3.46. The molecule has 0 radical (unpaired) electrons. The van der Waals surface area contributed by atoms with Gasteiger partial charge in [-0.05, 0) is 51.6 Å². The molecule has 0 unspecified atom stereocenters. The normalized spacial score (nSPS) is 11.7. The highest BCUT2D eigenvalue weighted by Gasteiger charge is 2.19. The number of fused-ring (bicyclic) bond motifs is 7. The predicted molar refractivity (Wildman–Crippen MR) is 184 cm³/mol. The van der Waals surface area contributed by atoms with Crippen LogP contribution < -0.4 is 0 Å². The number of nitrogens with zero attached hydrogens (tertiary/aromatic N) is 2. The van der Waals surface area contributed by atoms with Gasteiger partial charge in [0.1, 0.15) is 0 Å². The SMILES string of the molecule is c1ccc2cc(-c3ccc(-c4nc5ccc6ccccc6c5nc4-c4cccc5sc6ccccc6c45)cc3)ccc2c1. The lowest BCUT2D eigenvalue weighted by atomic mass is 9.96. The molecular formula is C40H24N2S. The van der Waals surface area contributed by atoms with Gasteiger partial charge in [0.25, 0.3) is 0 Å². The summed E-state index contributed by atoms with van der Waals surface area (Å²) < 4.78 is 2.54. The maximum atomic E-state index is 5.44. The molecule has 9 rings (SSSR count). The Morgan fingerprint density at radius 3 is 1.98 bits per heavy atom. The standard InChI is InChI=1S/C40H24N2S/c1-2-10-29-24-30(21-18-25(29)8-1)26-16-19-28(20-17-26)38-40(42-39-31-11-4-3-9-27(31)22-23-34(39)41-38)33-13-7-15-36-37(33)32-12-5-6-14-35(32)43-36/h1-24H. The second-order valence-corrected chi connectivity index (χ2v) is 12.1. The summed E-state index contributed by atoms with van der Waals surface area (Å²) in [5.74, 6) is 0. The lowest BCUT2D eigenvalue weighted by Crippen LogP contribution is -1.97. The van der Waals surface area contributed by atoms with Crippen molar-refractivity contribution in [1.29, 1.82) is 0 Å². The third-order valence-electron chi connectivity index (χ3n) is 8.46. The minimum absolute atomic E-state index is 0.899. The highest BCUT2D eigenvalue weighted by atomic mass is 32.1. The smallest absolute Gasteiger partial charge is 0.0980 e. The van der Waals surface area contributed by atoms with E-state index in [9.17, 15) is 0 Å². The first-order valence-electron chi connectivity index (χ1n) is 14.5. The van der Waals surface area contributed by atoms with E-state index in [1.165, 1.54) is 47.5 Å². The number of hydrogen-bond donors (Lipinski definition) is 0. The number of benzene rings is 7. The van der Waals surface area contributed by atoms with Gasteiger partial charge in [-0.3, -0.25) is 0 Å².